The van der Waals surface area contributed by atoms with Crippen molar-refractivity contribution >= 4 is 15.8 Å². The summed E-state index contributed by atoms with van der Waals surface area (Å²) in [7, 11) is -3.64. The monoisotopic (exact) mass is 402 g/mol. The van der Waals surface area contributed by atoms with E-state index in [0.29, 0.717) is 18.7 Å². The Morgan fingerprint density at radius 3 is 2.18 bits per heavy atom. The Morgan fingerprint density at radius 1 is 1.00 bits per heavy atom. The van der Waals surface area contributed by atoms with Crippen LogP contribution in [0.1, 0.15) is 49.5 Å². The predicted octanol–water partition coefficient (Wildman–Crippen LogP) is 2.81. The molecule has 0 bridgehead atoms. The molecule has 28 heavy (non-hydrogen) atoms. The summed E-state index contributed by atoms with van der Waals surface area (Å²) in [6, 6.07) is 9.83. The maximum absolute atomic E-state index is 12.7. The third kappa shape index (κ3) is 4.25. The van der Waals surface area contributed by atoms with Gasteiger partial charge in [0.05, 0.1) is 11.4 Å². The third-order valence-corrected chi connectivity index (χ3v) is 6.93. The van der Waals surface area contributed by atoms with E-state index in [0.717, 1.165) is 18.4 Å². The lowest BCUT2D eigenvalue weighted by Gasteiger charge is -2.19. The smallest absolute Gasteiger partial charge is 0.251 e. The number of rotatable bonds is 5. The van der Waals surface area contributed by atoms with Crippen molar-refractivity contribution in [3.63, 3.8) is 0 Å². The molecule has 2 aromatic rings. The standard InChI is InChI=1S/C21H26N2O4S/c1-21(2,3)17-8-6-16(7-9-17)19(24)15-22-14-18(10-11-20(22)25)28(26,27)23-12-4-5-13-23/h6-11,14H,4-5,12-13,15H2,1-3H3. The number of Topliss-reactive ketones (excluding diaryl/α,β-unsaturated/α-hetero) is 1. The number of hydrogen-bond donors (Lipinski definition) is 0. The Morgan fingerprint density at radius 2 is 1.61 bits per heavy atom. The Balaban J connectivity index is 1.84. The van der Waals surface area contributed by atoms with Gasteiger partial charge in [0.2, 0.25) is 10.0 Å². The molecule has 1 fully saturated rings. The van der Waals surface area contributed by atoms with Crippen LogP contribution in [0, 0.1) is 0 Å². The molecule has 150 valence electrons. The van der Waals surface area contributed by atoms with E-state index < -0.39 is 15.6 Å². The average Bonchev–Trinajstić information content (AvgIpc) is 3.18. The van der Waals surface area contributed by atoms with Crippen LogP contribution in [0.15, 0.2) is 52.3 Å². The maximum Gasteiger partial charge on any atom is 0.251 e. The largest absolute Gasteiger partial charge is 0.306 e. The highest BCUT2D eigenvalue weighted by molar-refractivity contribution is 7.89. The van der Waals surface area contributed by atoms with Crippen molar-refractivity contribution in [3.8, 4) is 0 Å². The zero-order valence-electron chi connectivity index (χ0n) is 16.5. The van der Waals surface area contributed by atoms with Crippen molar-refractivity contribution in [1.82, 2.24) is 8.87 Å². The quantitative estimate of drug-likeness (QED) is 0.721. The Hall–Kier alpha value is -2.25. The van der Waals surface area contributed by atoms with Gasteiger partial charge in [-0.05, 0) is 29.9 Å². The van der Waals surface area contributed by atoms with Gasteiger partial charge in [0.25, 0.3) is 5.56 Å². The first kappa shape index (κ1) is 20.5. The number of ketones is 1. The molecule has 0 unspecified atom stereocenters. The molecule has 6 nitrogen and oxygen atoms in total. The summed E-state index contributed by atoms with van der Waals surface area (Å²) in [5.41, 5.74) is 1.18. The fourth-order valence-corrected chi connectivity index (χ4v) is 4.80. The van der Waals surface area contributed by atoms with E-state index in [2.05, 4.69) is 20.8 Å². The van der Waals surface area contributed by atoms with Gasteiger partial charge >= 0.3 is 0 Å². The summed E-state index contributed by atoms with van der Waals surface area (Å²) in [5.74, 6) is -0.238. The maximum atomic E-state index is 12.7. The number of nitrogens with zero attached hydrogens (tertiary/aromatic N) is 2. The molecule has 1 aliphatic heterocycles. The summed E-state index contributed by atoms with van der Waals surface area (Å²) in [6.07, 6.45) is 2.95. The van der Waals surface area contributed by atoms with Crippen LogP contribution < -0.4 is 5.56 Å². The van der Waals surface area contributed by atoms with Crippen molar-refractivity contribution in [2.75, 3.05) is 13.1 Å². The average molecular weight is 403 g/mol. The van der Waals surface area contributed by atoms with Crippen molar-refractivity contribution in [2.45, 2.75) is 50.5 Å². The minimum Gasteiger partial charge on any atom is -0.306 e. The third-order valence-electron chi connectivity index (χ3n) is 5.05. The summed E-state index contributed by atoms with van der Waals surface area (Å²) in [5, 5.41) is 0. The zero-order valence-corrected chi connectivity index (χ0v) is 17.3. The molecule has 0 radical (unpaired) electrons. The van der Waals surface area contributed by atoms with E-state index in [9.17, 15) is 18.0 Å². The molecule has 1 aliphatic rings. The Kier molecular flexibility index (Phi) is 5.59. The molecule has 0 spiro atoms. The lowest BCUT2D eigenvalue weighted by atomic mass is 9.86. The van der Waals surface area contributed by atoms with Gasteiger partial charge in [-0.15, -0.1) is 0 Å². The van der Waals surface area contributed by atoms with Crippen molar-refractivity contribution in [3.05, 3.63) is 64.1 Å². The van der Waals surface area contributed by atoms with Crippen molar-refractivity contribution < 1.29 is 13.2 Å². The first-order valence-corrected chi connectivity index (χ1v) is 10.9. The van der Waals surface area contributed by atoms with Crippen LogP contribution in [-0.2, 0) is 22.0 Å². The highest BCUT2D eigenvalue weighted by atomic mass is 32.2. The molecule has 7 heteroatoms. The minimum absolute atomic E-state index is 0.0171. The first-order chi connectivity index (χ1) is 13.1. The second-order valence-electron chi connectivity index (χ2n) is 8.19. The van der Waals surface area contributed by atoms with E-state index >= 15 is 0 Å². The van der Waals surface area contributed by atoms with Gasteiger partial charge in [-0.1, -0.05) is 45.0 Å². The normalized spacial score (nSPS) is 15.7. The zero-order chi connectivity index (χ0) is 20.5. The number of hydrogen-bond acceptors (Lipinski definition) is 4. The predicted molar refractivity (Wildman–Crippen MR) is 108 cm³/mol. The summed E-state index contributed by atoms with van der Waals surface area (Å²) in [4.78, 5) is 24.8. The van der Waals surface area contributed by atoms with Gasteiger partial charge in [0.15, 0.2) is 5.78 Å². The molecule has 1 saturated heterocycles. The first-order valence-electron chi connectivity index (χ1n) is 9.43. The highest BCUT2D eigenvalue weighted by Gasteiger charge is 2.27. The van der Waals surface area contributed by atoms with Crippen LogP contribution in [0.4, 0.5) is 0 Å². The van der Waals surface area contributed by atoms with Crippen LogP contribution in [0.3, 0.4) is 0 Å². The SMILES string of the molecule is CC(C)(C)c1ccc(C(=O)Cn2cc(S(=O)(=O)N3CCCC3)ccc2=O)cc1. The summed E-state index contributed by atoms with van der Waals surface area (Å²) in [6.45, 7) is 7.05. The molecule has 0 saturated carbocycles. The van der Waals surface area contributed by atoms with E-state index in [1.165, 1.54) is 27.2 Å². The molecule has 0 aliphatic carbocycles. The number of carbonyl (C=O) groups is 1. The van der Waals surface area contributed by atoms with E-state index in [-0.39, 0.29) is 22.6 Å². The number of carbonyl (C=O) groups excluding carboxylic acids is 1. The summed E-state index contributed by atoms with van der Waals surface area (Å²) >= 11 is 0. The fraction of sp³-hybridized carbons (Fsp3) is 0.429. The molecular weight excluding hydrogens is 376 g/mol. The van der Waals surface area contributed by atoms with Gasteiger partial charge in [0, 0.05) is 30.9 Å². The second kappa shape index (κ2) is 7.64. The van der Waals surface area contributed by atoms with Crippen molar-refractivity contribution in [1.29, 1.82) is 0 Å². The van der Waals surface area contributed by atoms with Gasteiger partial charge < -0.3 is 4.57 Å². The van der Waals surface area contributed by atoms with Crippen LogP contribution >= 0.6 is 0 Å². The lowest BCUT2D eigenvalue weighted by Crippen LogP contribution is -2.30. The number of sulfonamides is 1. The van der Waals surface area contributed by atoms with Crippen molar-refractivity contribution in [2.24, 2.45) is 0 Å². The molecule has 2 heterocycles. The van der Waals surface area contributed by atoms with Gasteiger partial charge in [-0.2, -0.15) is 4.31 Å². The number of benzene rings is 1. The molecule has 0 atom stereocenters. The lowest BCUT2D eigenvalue weighted by molar-refractivity contribution is 0.0970. The molecular formula is C21H26N2O4S. The van der Waals surface area contributed by atoms with Crippen LogP contribution in [0.5, 0.6) is 0 Å². The van der Waals surface area contributed by atoms with Gasteiger partial charge in [-0.3, -0.25) is 9.59 Å². The molecule has 1 aromatic carbocycles. The molecule has 3 rings (SSSR count). The van der Waals surface area contributed by atoms with E-state index in [1.807, 2.05) is 12.1 Å². The second-order valence-corrected chi connectivity index (χ2v) is 10.1. The van der Waals surface area contributed by atoms with E-state index in [4.69, 9.17) is 0 Å². The van der Waals surface area contributed by atoms with Crippen LogP contribution in [0.25, 0.3) is 0 Å². The van der Waals surface area contributed by atoms with Crippen LogP contribution in [-0.4, -0.2) is 36.2 Å². The minimum atomic E-state index is -3.64. The number of pyridine rings is 1. The Bertz CT molecular complexity index is 1030. The highest BCUT2D eigenvalue weighted by Crippen LogP contribution is 2.23. The van der Waals surface area contributed by atoms with Gasteiger partial charge in [-0.25, -0.2) is 8.42 Å². The molecule has 0 N–H and O–H groups in total. The molecule has 0 amide bonds. The topological polar surface area (TPSA) is 76.5 Å². The molecule has 1 aromatic heterocycles. The van der Waals surface area contributed by atoms with Gasteiger partial charge in [0.1, 0.15) is 0 Å². The van der Waals surface area contributed by atoms with Crippen LogP contribution in [0.2, 0.25) is 0 Å². The number of aromatic nitrogens is 1. The Labute approximate surface area is 165 Å². The van der Waals surface area contributed by atoms with E-state index in [1.54, 1.807) is 12.1 Å². The summed E-state index contributed by atoms with van der Waals surface area (Å²) < 4.78 is 28.0. The fourth-order valence-electron chi connectivity index (χ4n) is 3.27.